The maximum atomic E-state index is 6.42. The molecule has 1 aliphatic rings. The summed E-state index contributed by atoms with van der Waals surface area (Å²) in [4.78, 5) is 0. The molecular formula is C37H23NO. The van der Waals surface area contributed by atoms with Gasteiger partial charge < -0.3 is 8.98 Å². The lowest BCUT2D eigenvalue weighted by atomic mass is 9.94. The van der Waals surface area contributed by atoms with Crippen LogP contribution in [0.15, 0.2) is 132 Å². The molecule has 0 unspecified atom stereocenters. The lowest BCUT2D eigenvalue weighted by molar-refractivity contribution is 0.670. The van der Waals surface area contributed by atoms with Crippen LogP contribution in [0.2, 0.25) is 0 Å². The first kappa shape index (κ1) is 20.9. The van der Waals surface area contributed by atoms with Crippen LogP contribution in [-0.4, -0.2) is 4.57 Å². The number of benzene rings is 6. The average molecular weight is 498 g/mol. The summed E-state index contributed by atoms with van der Waals surface area (Å²) in [5.41, 5.74) is 13.4. The number of hydrogen-bond donors (Lipinski definition) is 0. The fraction of sp³-hybridized carbons (Fsp3) is 0.0270. The molecule has 0 saturated carbocycles. The molecule has 2 heteroatoms. The van der Waals surface area contributed by atoms with Crippen LogP contribution in [0.5, 0.6) is 0 Å². The minimum atomic E-state index is 0.922. The molecule has 182 valence electrons. The van der Waals surface area contributed by atoms with E-state index in [1.165, 1.54) is 66.1 Å². The van der Waals surface area contributed by atoms with E-state index in [9.17, 15) is 0 Å². The first-order valence-corrected chi connectivity index (χ1v) is 13.5. The molecule has 0 bridgehead atoms. The summed E-state index contributed by atoms with van der Waals surface area (Å²) in [5.74, 6) is 0. The van der Waals surface area contributed by atoms with Gasteiger partial charge in [-0.3, -0.25) is 0 Å². The van der Waals surface area contributed by atoms with Crippen molar-refractivity contribution in [3.05, 3.63) is 139 Å². The molecular weight excluding hydrogens is 474 g/mol. The molecule has 9 rings (SSSR count). The maximum Gasteiger partial charge on any atom is 0.143 e. The number of nitrogens with zero attached hydrogens (tertiary/aromatic N) is 1. The summed E-state index contributed by atoms with van der Waals surface area (Å²) in [6.07, 6.45) is 0.922. The number of rotatable bonds is 2. The van der Waals surface area contributed by atoms with Gasteiger partial charge in [0.1, 0.15) is 11.2 Å². The Bertz CT molecular complexity index is 2210. The van der Waals surface area contributed by atoms with Crippen LogP contribution in [0, 0.1) is 0 Å². The van der Waals surface area contributed by atoms with E-state index in [-0.39, 0.29) is 0 Å². The maximum absolute atomic E-state index is 6.42. The number of furan rings is 1. The van der Waals surface area contributed by atoms with Crippen molar-refractivity contribution in [2.45, 2.75) is 6.42 Å². The first-order valence-electron chi connectivity index (χ1n) is 13.5. The monoisotopic (exact) mass is 497 g/mol. The molecule has 0 saturated heterocycles. The van der Waals surface area contributed by atoms with E-state index in [2.05, 4.69) is 126 Å². The van der Waals surface area contributed by atoms with Crippen molar-refractivity contribution >= 4 is 43.7 Å². The Morgan fingerprint density at radius 3 is 1.90 bits per heavy atom. The van der Waals surface area contributed by atoms with E-state index in [1.54, 1.807) is 0 Å². The van der Waals surface area contributed by atoms with Crippen molar-refractivity contribution in [1.82, 2.24) is 4.57 Å². The van der Waals surface area contributed by atoms with Crippen molar-refractivity contribution in [2.24, 2.45) is 0 Å². The number of fused-ring (bicyclic) bond motifs is 9. The highest BCUT2D eigenvalue weighted by molar-refractivity contribution is 6.11. The van der Waals surface area contributed by atoms with Crippen LogP contribution < -0.4 is 0 Å². The highest BCUT2D eigenvalue weighted by Gasteiger charge is 2.24. The molecule has 0 fully saturated rings. The van der Waals surface area contributed by atoms with E-state index in [4.69, 9.17) is 4.42 Å². The molecule has 1 aliphatic carbocycles. The molecule has 0 amide bonds. The van der Waals surface area contributed by atoms with Gasteiger partial charge in [0, 0.05) is 32.8 Å². The Morgan fingerprint density at radius 1 is 0.487 bits per heavy atom. The molecule has 0 N–H and O–H groups in total. The van der Waals surface area contributed by atoms with Gasteiger partial charge in [-0.1, -0.05) is 97.1 Å². The van der Waals surface area contributed by atoms with E-state index >= 15 is 0 Å². The van der Waals surface area contributed by atoms with Crippen molar-refractivity contribution in [1.29, 1.82) is 0 Å². The zero-order valence-electron chi connectivity index (χ0n) is 21.2. The SMILES string of the molecule is c1cc2c(c(-c3cccc4c3oc3ccccc34)c1)Cc1ccc(-n3c4ccccc4c4ccccc43)cc1-2. The summed E-state index contributed by atoms with van der Waals surface area (Å²) in [6.45, 7) is 0. The van der Waals surface area contributed by atoms with Crippen LogP contribution in [0.4, 0.5) is 0 Å². The van der Waals surface area contributed by atoms with Gasteiger partial charge >= 0.3 is 0 Å². The lowest BCUT2D eigenvalue weighted by Crippen LogP contribution is -1.94. The van der Waals surface area contributed by atoms with Crippen molar-refractivity contribution in [3.63, 3.8) is 0 Å². The third kappa shape index (κ3) is 2.86. The lowest BCUT2D eigenvalue weighted by Gasteiger charge is -2.11. The van der Waals surface area contributed by atoms with Gasteiger partial charge in [0.15, 0.2) is 0 Å². The fourth-order valence-corrected chi connectivity index (χ4v) is 6.74. The highest BCUT2D eigenvalue weighted by Crippen LogP contribution is 2.45. The first-order chi connectivity index (χ1) is 19.3. The fourth-order valence-electron chi connectivity index (χ4n) is 6.74. The van der Waals surface area contributed by atoms with Crippen molar-refractivity contribution in [2.75, 3.05) is 0 Å². The Hall–Kier alpha value is -5.08. The Labute approximate surface area is 225 Å². The highest BCUT2D eigenvalue weighted by atomic mass is 16.3. The van der Waals surface area contributed by atoms with Gasteiger partial charge in [-0.25, -0.2) is 0 Å². The van der Waals surface area contributed by atoms with E-state index in [0.717, 1.165) is 23.2 Å². The second-order valence-electron chi connectivity index (χ2n) is 10.5. The van der Waals surface area contributed by atoms with E-state index in [1.807, 2.05) is 6.07 Å². The normalized spacial score (nSPS) is 12.5. The average Bonchev–Trinajstić information content (AvgIpc) is 3.66. The molecule has 0 aliphatic heterocycles. The van der Waals surface area contributed by atoms with Crippen molar-refractivity contribution in [3.8, 4) is 27.9 Å². The molecule has 2 nitrogen and oxygen atoms in total. The summed E-state index contributed by atoms with van der Waals surface area (Å²) in [6, 6.07) is 46.0. The Morgan fingerprint density at radius 2 is 1.10 bits per heavy atom. The zero-order chi connectivity index (χ0) is 25.5. The van der Waals surface area contributed by atoms with E-state index in [0.29, 0.717) is 0 Å². The van der Waals surface area contributed by atoms with Crippen LogP contribution in [0.1, 0.15) is 11.1 Å². The molecule has 8 aromatic rings. The van der Waals surface area contributed by atoms with Crippen LogP contribution in [-0.2, 0) is 6.42 Å². The molecule has 0 radical (unpaired) electrons. The van der Waals surface area contributed by atoms with Crippen LogP contribution >= 0.6 is 0 Å². The van der Waals surface area contributed by atoms with Gasteiger partial charge in [0.25, 0.3) is 0 Å². The summed E-state index contributed by atoms with van der Waals surface area (Å²) < 4.78 is 8.83. The topological polar surface area (TPSA) is 18.1 Å². The zero-order valence-corrected chi connectivity index (χ0v) is 21.2. The smallest absolute Gasteiger partial charge is 0.143 e. The predicted octanol–water partition coefficient (Wildman–Crippen LogP) is 9.92. The van der Waals surface area contributed by atoms with Gasteiger partial charge in [-0.2, -0.15) is 0 Å². The number of aromatic nitrogens is 1. The molecule has 6 aromatic carbocycles. The molecule has 2 heterocycles. The number of para-hydroxylation sites is 4. The van der Waals surface area contributed by atoms with Gasteiger partial charge in [0.2, 0.25) is 0 Å². The molecule has 0 spiro atoms. The Balaban J connectivity index is 1.25. The summed E-state index contributed by atoms with van der Waals surface area (Å²) in [7, 11) is 0. The minimum absolute atomic E-state index is 0.922. The largest absolute Gasteiger partial charge is 0.455 e. The number of hydrogen-bond acceptors (Lipinski definition) is 1. The van der Waals surface area contributed by atoms with Gasteiger partial charge in [-0.15, -0.1) is 0 Å². The van der Waals surface area contributed by atoms with Crippen LogP contribution in [0.3, 0.4) is 0 Å². The van der Waals surface area contributed by atoms with Gasteiger partial charge in [-0.05, 0) is 64.6 Å². The molecule has 2 aromatic heterocycles. The van der Waals surface area contributed by atoms with Crippen LogP contribution in [0.25, 0.3) is 71.7 Å². The molecule has 39 heavy (non-hydrogen) atoms. The third-order valence-electron chi connectivity index (χ3n) is 8.46. The molecule has 0 atom stereocenters. The Kier molecular flexibility index (Phi) is 4.14. The summed E-state index contributed by atoms with van der Waals surface area (Å²) >= 11 is 0. The standard InChI is InChI=1S/C37H23NO/c1-4-16-34-27(9-1)28-10-2-5-17-35(28)38(34)24-20-19-23-21-33-25(12-7-13-26(33)32(23)22-24)30-14-8-15-31-29-11-3-6-18-36(29)39-37(30)31/h1-20,22H,21H2. The second-order valence-corrected chi connectivity index (χ2v) is 10.5. The quantitative estimate of drug-likeness (QED) is 0.232. The van der Waals surface area contributed by atoms with Crippen molar-refractivity contribution < 1.29 is 4.42 Å². The predicted molar refractivity (Wildman–Crippen MR) is 162 cm³/mol. The second kappa shape index (κ2) is 7.72. The van der Waals surface area contributed by atoms with Gasteiger partial charge in [0.05, 0.1) is 11.0 Å². The third-order valence-corrected chi connectivity index (χ3v) is 8.46. The summed E-state index contributed by atoms with van der Waals surface area (Å²) in [5, 5.41) is 4.91. The minimum Gasteiger partial charge on any atom is -0.455 e. The van der Waals surface area contributed by atoms with E-state index < -0.39 is 0 Å².